The maximum atomic E-state index is 12.9. The van der Waals surface area contributed by atoms with Gasteiger partial charge in [0.25, 0.3) is 0 Å². The van der Waals surface area contributed by atoms with Crippen LogP contribution in [0.1, 0.15) is 18.1 Å². The van der Waals surface area contributed by atoms with Crippen molar-refractivity contribution in [2.45, 2.75) is 26.6 Å². The number of alkyl halides is 2. The summed E-state index contributed by atoms with van der Waals surface area (Å²) >= 11 is 0. The van der Waals surface area contributed by atoms with Crippen LogP contribution in [0.15, 0.2) is 47.5 Å². The first kappa shape index (κ1) is 27.7. The smallest absolute Gasteiger partial charge is 0.387 e. The molecule has 0 amide bonds. The third-order valence-electron chi connectivity index (χ3n) is 4.18. The molecule has 2 rings (SSSR count). The van der Waals surface area contributed by atoms with Crippen LogP contribution in [0.2, 0.25) is 0 Å². The monoisotopic (exact) mass is 565 g/mol. The van der Waals surface area contributed by atoms with Crippen LogP contribution in [0, 0.1) is 0 Å². The number of ether oxygens (including phenoxy) is 4. The Kier molecular flexibility index (Phi) is 13.4. The predicted octanol–water partition coefficient (Wildman–Crippen LogP) is 4.20. The maximum Gasteiger partial charge on any atom is 0.387 e. The molecule has 0 saturated heterocycles. The van der Waals surface area contributed by atoms with Gasteiger partial charge in [0.15, 0.2) is 17.5 Å². The number of benzene rings is 2. The second-order valence-corrected chi connectivity index (χ2v) is 6.32. The largest absolute Gasteiger partial charge is 0.491 e. The summed E-state index contributed by atoms with van der Waals surface area (Å²) in [5.41, 5.74) is 1.56. The van der Waals surface area contributed by atoms with E-state index < -0.39 is 6.61 Å². The quantitative estimate of drug-likeness (QED) is 0.174. The zero-order valence-corrected chi connectivity index (χ0v) is 20.7. The first-order valence-electron chi connectivity index (χ1n) is 9.92. The highest BCUT2D eigenvalue weighted by molar-refractivity contribution is 14.0. The number of hydrogen-bond acceptors (Lipinski definition) is 5. The second-order valence-electron chi connectivity index (χ2n) is 6.32. The minimum Gasteiger partial charge on any atom is -0.491 e. The van der Waals surface area contributed by atoms with Gasteiger partial charge in [-0.2, -0.15) is 8.78 Å². The fourth-order valence-corrected chi connectivity index (χ4v) is 2.72. The van der Waals surface area contributed by atoms with E-state index in [9.17, 15) is 8.78 Å². The summed E-state index contributed by atoms with van der Waals surface area (Å²) in [4.78, 5) is 4.17. The van der Waals surface area contributed by atoms with Gasteiger partial charge in [0.2, 0.25) is 0 Å². The van der Waals surface area contributed by atoms with Crippen LogP contribution in [0.5, 0.6) is 17.2 Å². The molecule has 7 nitrogen and oxygen atoms in total. The summed E-state index contributed by atoms with van der Waals surface area (Å²) in [6.07, 6.45) is 0. The van der Waals surface area contributed by atoms with Crippen LogP contribution < -0.4 is 24.8 Å². The van der Waals surface area contributed by atoms with Gasteiger partial charge in [-0.15, -0.1) is 24.0 Å². The lowest BCUT2D eigenvalue weighted by molar-refractivity contribution is -0.0520. The van der Waals surface area contributed by atoms with Crippen molar-refractivity contribution in [1.82, 2.24) is 10.6 Å². The Labute approximate surface area is 204 Å². The van der Waals surface area contributed by atoms with Crippen LogP contribution >= 0.6 is 24.0 Å². The summed E-state index contributed by atoms with van der Waals surface area (Å²) < 4.78 is 46.3. The van der Waals surface area contributed by atoms with Crippen molar-refractivity contribution < 1.29 is 27.7 Å². The Bertz CT molecular complexity index is 823. The number of aliphatic imine (C=N–C) groups is 1. The van der Waals surface area contributed by atoms with Gasteiger partial charge in [0, 0.05) is 32.8 Å². The molecule has 0 unspecified atom stereocenters. The average molecular weight is 565 g/mol. The molecular formula is C22H30F2IN3O4. The van der Waals surface area contributed by atoms with Gasteiger partial charge in [-0.05, 0) is 30.7 Å². The molecule has 0 spiro atoms. The zero-order chi connectivity index (χ0) is 22.5. The minimum atomic E-state index is -2.95. The van der Waals surface area contributed by atoms with Crippen molar-refractivity contribution in [1.29, 1.82) is 0 Å². The van der Waals surface area contributed by atoms with Crippen molar-refractivity contribution in [3.63, 3.8) is 0 Å². The third kappa shape index (κ3) is 9.43. The molecule has 0 aliphatic heterocycles. The molecule has 0 aliphatic rings. The average Bonchev–Trinajstić information content (AvgIpc) is 2.76. The van der Waals surface area contributed by atoms with Crippen LogP contribution in [-0.4, -0.2) is 46.5 Å². The molecule has 0 aliphatic carbocycles. The summed E-state index contributed by atoms with van der Waals surface area (Å²) in [6, 6.07) is 12.7. The second kappa shape index (κ2) is 15.5. The lowest BCUT2D eigenvalue weighted by Gasteiger charge is -2.17. The number of rotatable bonds is 12. The lowest BCUT2D eigenvalue weighted by Crippen LogP contribution is -2.36. The maximum absolute atomic E-state index is 12.9. The molecule has 0 bridgehead atoms. The van der Waals surface area contributed by atoms with E-state index in [2.05, 4.69) is 15.6 Å². The number of nitrogens with zero attached hydrogens (tertiary/aromatic N) is 1. The predicted molar refractivity (Wildman–Crippen MR) is 131 cm³/mol. The van der Waals surface area contributed by atoms with Crippen LogP contribution in [-0.2, 0) is 17.8 Å². The SMILES string of the molecule is CCOc1cccc(CNC(=NC)NCc2ccc(OCCOC)cc2)c1OC(F)F.I. The molecule has 0 fully saturated rings. The number of hydrogen-bond donors (Lipinski definition) is 2. The molecule has 2 aromatic rings. The zero-order valence-electron chi connectivity index (χ0n) is 18.4. The molecule has 10 heteroatoms. The summed E-state index contributed by atoms with van der Waals surface area (Å²) in [7, 11) is 3.26. The normalized spacial score (nSPS) is 11.0. The topological polar surface area (TPSA) is 73.3 Å². The van der Waals surface area contributed by atoms with Gasteiger partial charge in [-0.3, -0.25) is 4.99 Å². The Balaban J connectivity index is 0.00000512. The molecule has 178 valence electrons. The van der Waals surface area contributed by atoms with Gasteiger partial charge < -0.3 is 29.6 Å². The van der Waals surface area contributed by atoms with E-state index in [0.717, 1.165) is 11.3 Å². The van der Waals surface area contributed by atoms with Crippen molar-refractivity contribution in [3.8, 4) is 17.2 Å². The van der Waals surface area contributed by atoms with Gasteiger partial charge >= 0.3 is 6.61 Å². The van der Waals surface area contributed by atoms with Crippen molar-refractivity contribution in [2.24, 2.45) is 4.99 Å². The molecule has 0 heterocycles. The van der Waals surface area contributed by atoms with Crippen molar-refractivity contribution >= 4 is 29.9 Å². The number of methoxy groups -OCH3 is 1. The van der Waals surface area contributed by atoms with Gasteiger partial charge in [0.05, 0.1) is 13.2 Å². The van der Waals surface area contributed by atoms with E-state index >= 15 is 0 Å². The Morgan fingerprint density at radius 2 is 1.72 bits per heavy atom. The fraction of sp³-hybridized carbons (Fsp3) is 0.409. The first-order chi connectivity index (χ1) is 15.1. The van der Waals surface area contributed by atoms with Gasteiger partial charge in [-0.1, -0.05) is 24.3 Å². The van der Waals surface area contributed by atoms with E-state index in [-0.39, 0.29) is 42.0 Å². The van der Waals surface area contributed by atoms with E-state index in [1.54, 1.807) is 39.3 Å². The minimum absolute atomic E-state index is 0. The highest BCUT2D eigenvalue weighted by Gasteiger charge is 2.16. The number of guanidine groups is 1. The van der Waals surface area contributed by atoms with E-state index in [0.29, 0.717) is 37.9 Å². The highest BCUT2D eigenvalue weighted by Crippen LogP contribution is 2.32. The van der Waals surface area contributed by atoms with Crippen LogP contribution in [0.3, 0.4) is 0 Å². The number of para-hydroxylation sites is 1. The number of halogens is 3. The van der Waals surface area contributed by atoms with Gasteiger partial charge in [-0.25, -0.2) is 0 Å². The molecule has 0 radical (unpaired) electrons. The molecular weight excluding hydrogens is 535 g/mol. The van der Waals surface area contributed by atoms with E-state index in [1.165, 1.54) is 0 Å². The Hall–Kier alpha value is -2.34. The molecule has 2 aromatic carbocycles. The molecule has 0 saturated carbocycles. The summed E-state index contributed by atoms with van der Waals surface area (Å²) in [5, 5.41) is 6.29. The first-order valence-corrected chi connectivity index (χ1v) is 9.92. The third-order valence-corrected chi connectivity index (χ3v) is 4.18. The summed E-state index contributed by atoms with van der Waals surface area (Å²) in [5.74, 6) is 1.58. The molecule has 32 heavy (non-hydrogen) atoms. The number of nitrogens with one attached hydrogen (secondary N) is 2. The van der Waals surface area contributed by atoms with Gasteiger partial charge in [0.1, 0.15) is 12.4 Å². The Morgan fingerprint density at radius 1 is 1.00 bits per heavy atom. The molecule has 0 atom stereocenters. The standard InChI is InChI=1S/C22H29F2N3O4.HI/c1-4-29-19-7-5-6-17(20(19)31-21(23)24)15-27-22(25-2)26-14-16-8-10-18(11-9-16)30-13-12-28-3;/h5-11,21H,4,12-15H2,1-3H3,(H2,25,26,27);1H. The fourth-order valence-electron chi connectivity index (χ4n) is 2.72. The van der Waals surface area contributed by atoms with Crippen LogP contribution in [0.4, 0.5) is 8.78 Å². The van der Waals surface area contributed by atoms with E-state index in [4.69, 9.17) is 18.9 Å². The lowest BCUT2D eigenvalue weighted by atomic mass is 10.2. The Morgan fingerprint density at radius 3 is 2.34 bits per heavy atom. The highest BCUT2D eigenvalue weighted by atomic mass is 127. The summed E-state index contributed by atoms with van der Waals surface area (Å²) in [6.45, 7) is 0.956. The van der Waals surface area contributed by atoms with Crippen LogP contribution in [0.25, 0.3) is 0 Å². The van der Waals surface area contributed by atoms with Crippen molar-refractivity contribution in [3.05, 3.63) is 53.6 Å². The van der Waals surface area contributed by atoms with E-state index in [1.807, 2.05) is 24.3 Å². The molecule has 2 N–H and O–H groups in total. The molecule has 0 aromatic heterocycles. The van der Waals surface area contributed by atoms with Crippen molar-refractivity contribution in [2.75, 3.05) is 34.0 Å².